The van der Waals surface area contributed by atoms with Gasteiger partial charge in [0, 0.05) is 15.0 Å². The maximum atomic E-state index is 10.9. The van der Waals surface area contributed by atoms with Gasteiger partial charge in [-0.2, -0.15) is 0 Å². The van der Waals surface area contributed by atoms with Crippen molar-refractivity contribution < 1.29 is 9.90 Å². The zero-order chi connectivity index (χ0) is 13.3. The number of hydrogen-bond donors (Lipinski definition) is 1. The van der Waals surface area contributed by atoms with Crippen LogP contribution >= 0.6 is 34.2 Å². The molecule has 0 saturated carbocycles. The van der Waals surface area contributed by atoms with Gasteiger partial charge in [0.2, 0.25) is 0 Å². The van der Waals surface area contributed by atoms with Crippen LogP contribution in [0.2, 0.25) is 5.02 Å². The Morgan fingerprint density at radius 1 is 1.56 bits per heavy atom. The fraction of sp³-hybridized carbons (Fsp3) is 0.182. The van der Waals surface area contributed by atoms with Gasteiger partial charge in [0.1, 0.15) is 5.82 Å². The van der Waals surface area contributed by atoms with Crippen LogP contribution in [0.1, 0.15) is 23.4 Å². The molecule has 0 spiro atoms. The van der Waals surface area contributed by atoms with Gasteiger partial charge in [0.05, 0.1) is 5.69 Å². The first kappa shape index (κ1) is 13.3. The average Bonchev–Trinajstić information content (AvgIpc) is 2.73. The monoisotopic (exact) mass is 377 g/mol. The summed E-state index contributed by atoms with van der Waals surface area (Å²) in [6.07, 6.45) is 0.596. The molecule has 0 aliphatic heterocycles. The van der Waals surface area contributed by atoms with Crippen LogP contribution in [0.3, 0.4) is 0 Å². The fourth-order valence-electron chi connectivity index (χ4n) is 1.51. The van der Waals surface area contributed by atoms with Crippen molar-refractivity contribution in [2.75, 3.05) is 0 Å². The summed E-state index contributed by atoms with van der Waals surface area (Å²) in [4.78, 5) is 14.9. The largest absolute Gasteiger partial charge is 0.475 e. The number of halogens is 2. The van der Waals surface area contributed by atoms with Crippen molar-refractivity contribution in [2.24, 2.45) is 0 Å². The highest BCUT2D eigenvalue weighted by Gasteiger charge is 2.16. The van der Waals surface area contributed by atoms with Crippen LogP contribution in [-0.2, 0) is 6.42 Å². The van der Waals surface area contributed by atoms with Gasteiger partial charge >= 0.3 is 5.97 Å². The molecule has 1 N–H and O–H groups in total. The summed E-state index contributed by atoms with van der Waals surface area (Å²) < 4.78 is 2.43. The molecule has 5 nitrogen and oxygen atoms in total. The minimum absolute atomic E-state index is 0.197. The van der Waals surface area contributed by atoms with E-state index in [-0.39, 0.29) is 5.82 Å². The van der Waals surface area contributed by atoms with Gasteiger partial charge in [-0.3, -0.25) is 0 Å². The molecule has 2 rings (SSSR count). The summed E-state index contributed by atoms with van der Waals surface area (Å²) in [6, 6.07) is 5.32. The Hall–Kier alpha value is -1.15. The van der Waals surface area contributed by atoms with Crippen molar-refractivity contribution in [3.63, 3.8) is 0 Å². The quantitative estimate of drug-likeness (QED) is 0.835. The van der Waals surface area contributed by atoms with Crippen molar-refractivity contribution in [3.8, 4) is 5.69 Å². The third kappa shape index (κ3) is 2.49. The number of nitrogens with zero attached hydrogens (tertiary/aromatic N) is 3. The molecule has 0 saturated heterocycles. The Balaban J connectivity index is 2.58. The van der Waals surface area contributed by atoms with Crippen LogP contribution in [0.5, 0.6) is 0 Å². The van der Waals surface area contributed by atoms with E-state index < -0.39 is 5.97 Å². The van der Waals surface area contributed by atoms with E-state index in [1.54, 1.807) is 22.9 Å². The highest BCUT2D eigenvalue weighted by molar-refractivity contribution is 14.1. The number of rotatable bonds is 3. The lowest BCUT2D eigenvalue weighted by Crippen LogP contribution is -2.05. The molecule has 7 heteroatoms. The normalized spacial score (nSPS) is 10.6. The van der Waals surface area contributed by atoms with E-state index in [1.807, 2.05) is 6.92 Å². The number of carbonyl (C=O) groups is 1. The molecule has 0 unspecified atom stereocenters. The van der Waals surface area contributed by atoms with E-state index in [0.717, 1.165) is 9.26 Å². The minimum Gasteiger partial charge on any atom is -0.475 e. The van der Waals surface area contributed by atoms with Gasteiger partial charge in [-0.25, -0.2) is 14.5 Å². The Bertz CT molecular complexity index is 612. The lowest BCUT2D eigenvalue weighted by molar-refractivity contribution is 0.0683. The first-order valence-electron chi connectivity index (χ1n) is 5.17. The number of aryl methyl sites for hydroxylation is 1. The van der Waals surface area contributed by atoms with Crippen LogP contribution < -0.4 is 0 Å². The second kappa shape index (κ2) is 5.23. The predicted molar refractivity (Wildman–Crippen MR) is 75.4 cm³/mol. The zero-order valence-electron chi connectivity index (χ0n) is 9.39. The average molecular weight is 378 g/mol. The smallest absolute Gasteiger partial charge is 0.375 e. The molecule has 1 heterocycles. The van der Waals surface area contributed by atoms with Gasteiger partial charge in [0.25, 0.3) is 5.82 Å². The lowest BCUT2D eigenvalue weighted by atomic mass is 10.3. The molecular weight excluding hydrogens is 368 g/mol. The van der Waals surface area contributed by atoms with E-state index >= 15 is 0 Å². The fourth-order valence-corrected chi connectivity index (χ4v) is 2.61. The number of carboxylic acid groups (broad SMARTS) is 1. The Morgan fingerprint density at radius 3 is 2.83 bits per heavy atom. The maximum Gasteiger partial charge on any atom is 0.375 e. The maximum absolute atomic E-state index is 10.9. The molecule has 2 aromatic rings. The SMILES string of the molecule is CCc1nc(C(=O)O)nn1-c1ccc(Cl)cc1I. The summed E-state index contributed by atoms with van der Waals surface area (Å²) in [5.74, 6) is -0.724. The highest BCUT2D eigenvalue weighted by Crippen LogP contribution is 2.22. The number of aromatic nitrogens is 3. The molecule has 0 aliphatic rings. The molecule has 0 aliphatic carbocycles. The van der Waals surface area contributed by atoms with Gasteiger partial charge in [-0.05, 0) is 40.8 Å². The first-order valence-corrected chi connectivity index (χ1v) is 6.63. The lowest BCUT2D eigenvalue weighted by Gasteiger charge is -2.06. The van der Waals surface area contributed by atoms with Crippen molar-refractivity contribution in [1.29, 1.82) is 0 Å². The molecule has 18 heavy (non-hydrogen) atoms. The molecular formula is C11H9ClIN3O2. The van der Waals surface area contributed by atoms with Crippen molar-refractivity contribution in [2.45, 2.75) is 13.3 Å². The number of hydrogen-bond acceptors (Lipinski definition) is 3. The van der Waals surface area contributed by atoms with E-state index in [0.29, 0.717) is 17.3 Å². The second-order valence-electron chi connectivity index (χ2n) is 3.52. The topological polar surface area (TPSA) is 68.0 Å². The standard InChI is InChI=1S/C11H9ClIN3O2/c1-2-9-14-10(11(17)18)15-16(9)8-4-3-6(12)5-7(8)13/h3-5H,2H2,1H3,(H,17,18). The Kier molecular flexibility index (Phi) is 3.86. The predicted octanol–water partition coefficient (Wildman–Crippen LogP) is 2.79. The van der Waals surface area contributed by atoms with E-state index in [4.69, 9.17) is 16.7 Å². The summed E-state index contributed by atoms with van der Waals surface area (Å²) >= 11 is 8.02. The van der Waals surface area contributed by atoms with Crippen LogP contribution in [-0.4, -0.2) is 25.8 Å². The summed E-state index contributed by atoms with van der Waals surface area (Å²) in [7, 11) is 0. The Labute approximate surface area is 122 Å². The molecule has 1 aromatic heterocycles. The Morgan fingerprint density at radius 2 is 2.28 bits per heavy atom. The third-order valence-electron chi connectivity index (χ3n) is 2.32. The number of carboxylic acids is 1. The summed E-state index contributed by atoms with van der Waals surface area (Å²) in [6.45, 7) is 1.90. The molecule has 94 valence electrons. The minimum atomic E-state index is -1.13. The van der Waals surface area contributed by atoms with Crippen LogP contribution in [0.25, 0.3) is 5.69 Å². The highest BCUT2D eigenvalue weighted by atomic mass is 127. The van der Waals surface area contributed by atoms with Crippen molar-refractivity contribution in [3.05, 3.63) is 38.4 Å². The number of benzene rings is 1. The van der Waals surface area contributed by atoms with Gasteiger partial charge in [-0.15, -0.1) is 5.10 Å². The second-order valence-corrected chi connectivity index (χ2v) is 5.12. The van der Waals surface area contributed by atoms with E-state index in [1.165, 1.54) is 0 Å². The van der Waals surface area contributed by atoms with Gasteiger partial charge in [0.15, 0.2) is 0 Å². The van der Waals surface area contributed by atoms with Crippen LogP contribution in [0.15, 0.2) is 18.2 Å². The molecule has 0 radical (unpaired) electrons. The van der Waals surface area contributed by atoms with Crippen molar-refractivity contribution >= 4 is 40.2 Å². The molecule has 1 aromatic carbocycles. The molecule has 0 fully saturated rings. The van der Waals surface area contributed by atoms with Gasteiger partial charge < -0.3 is 5.11 Å². The van der Waals surface area contributed by atoms with Crippen LogP contribution in [0, 0.1) is 3.57 Å². The summed E-state index contributed by atoms with van der Waals surface area (Å²) in [5.41, 5.74) is 0.775. The molecule has 0 bridgehead atoms. The zero-order valence-corrected chi connectivity index (χ0v) is 12.3. The van der Waals surface area contributed by atoms with E-state index in [9.17, 15) is 4.79 Å². The van der Waals surface area contributed by atoms with Gasteiger partial charge in [-0.1, -0.05) is 18.5 Å². The molecule has 0 atom stereocenters. The summed E-state index contributed by atoms with van der Waals surface area (Å²) in [5, 5.41) is 13.5. The third-order valence-corrected chi connectivity index (χ3v) is 3.42. The number of aromatic carboxylic acids is 1. The molecule has 0 amide bonds. The first-order chi connectivity index (χ1) is 8.52. The van der Waals surface area contributed by atoms with Crippen LogP contribution in [0.4, 0.5) is 0 Å². The van der Waals surface area contributed by atoms with Crippen molar-refractivity contribution in [1.82, 2.24) is 14.8 Å². The van der Waals surface area contributed by atoms with E-state index in [2.05, 4.69) is 32.7 Å².